The summed E-state index contributed by atoms with van der Waals surface area (Å²) >= 11 is 2.70. The molecule has 2 aliphatic rings. The smallest absolute Gasteiger partial charge is 0.352 e. The van der Waals surface area contributed by atoms with Crippen molar-refractivity contribution in [3.8, 4) is 0 Å². The van der Waals surface area contributed by atoms with Crippen LogP contribution in [-0.4, -0.2) is 62.8 Å². The van der Waals surface area contributed by atoms with Crippen molar-refractivity contribution in [3.05, 3.63) is 130 Å². The average molecular weight is 640 g/mol. The SMILES string of the molecule is CON=C(C(=O)NC1C(=O)N2C(C(=O)O)=C(C)CSC12)c1csc(NC(c2ccccc2)(c2ccccc2)c2ccccc2)n1. The predicted octanol–water partition coefficient (Wildman–Crippen LogP) is 4.66. The maximum absolute atomic E-state index is 13.5. The molecule has 3 N–H and O–H groups in total. The van der Waals surface area contributed by atoms with Gasteiger partial charge in [-0.25, -0.2) is 9.78 Å². The van der Waals surface area contributed by atoms with Gasteiger partial charge < -0.3 is 20.6 Å². The number of thioether (sulfide) groups is 1. The van der Waals surface area contributed by atoms with Crippen molar-refractivity contribution in [2.24, 2.45) is 5.16 Å². The van der Waals surface area contributed by atoms with Gasteiger partial charge in [0.05, 0.1) is 0 Å². The number of nitrogens with zero attached hydrogens (tertiary/aromatic N) is 3. The number of rotatable bonds is 10. The topological polar surface area (TPSA) is 133 Å². The number of aromatic nitrogens is 1. The lowest BCUT2D eigenvalue weighted by Crippen LogP contribution is -2.71. The van der Waals surface area contributed by atoms with E-state index in [1.807, 2.05) is 54.6 Å². The van der Waals surface area contributed by atoms with Crippen LogP contribution < -0.4 is 10.6 Å². The Morgan fingerprint density at radius 3 is 2.04 bits per heavy atom. The van der Waals surface area contributed by atoms with Crippen molar-refractivity contribution in [2.45, 2.75) is 23.9 Å². The second-order valence-electron chi connectivity index (χ2n) is 10.4. The van der Waals surface area contributed by atoms with Gasteiger partial charge in [-0.05, 0) is 29.2 Å². The summed E-state index contributed by atoms with van der Waals surface area (Å²) in [7, 11) is 1.32. The number of benzene rings is 3. The molecule has 3 heterocycles. The third-order valence-electron chi connectivity index (χ3n) is 7.71. The molecule has 2 amide bonds. The summed E-state index contributed by atoms with van der Waals surface area (Å²) in [5.41, 5.74) is 2.86. The Balaban J connectivity index is 1.31. The number of carbonyl (C=O) groups is 3. The standard InChI is InChI=1S/C33H29N5O5S2/c1-20-18-44-30-26(29(40)38(30)27(20)31(41)42)35-28(39)25(37-43-2)24-19-45-32(34-24)36-33(21-12-6-3-7-13-21,22-14-8-4-9-15-22)23-16-10-5-11-17-23/h3-17,19,26,30H,18H2,1-2H3,(H,34,36)(H,35,39)(H,41,42). The molecule has 2 atom stereocenters. The van der Waals surface area contributed by atoms with Crippen LogP contribution in [0.15, 0.2) is 113 Å². The number of fused-ring (bicyclic) bond motifs is 1. The Hall–Kier alpha value is -4.94. The molecule has 4 aromatic rings. The molecule has 2 aliphatic heterocycles. The highest BCUT2D eigenvalue weighted by Crippen LogP contribution is 2.42. The quantitative estimate of drug-likeness (QED) is 0.0989. The van der Waals surface area contributed by atoms with E-state index < -0.39 is 34.7 Å². The van der Waals surface area contributed by atoms with E-state index in [0.29, 0.717) is 16.5 Å². The third-order valence-corrected chi connectivity index (χ3v) is 9.89. The molecule has 3 aromatic carbocycles. The summed E-state index contributed by atoms with van der Waals surface area (Å²) in [6, 6.07) is 29.3. The Kier molecular flexibility index (Phi) is 8.42. The molecule has 1 fully saturated rings. The van der Waals surface area contributed by atoms with Gasteiger partial charge in [-0.15, -0.1) is 23.1 Å². The van der Waals surface area contributed by atoms with Crippen LogP contribution in [0.2, 0.25) is 0 Å². The van der Waals surface area contributed by atoms with E-state index in [1.165, 1.54) is 35.1 Å². The first kappa shape index (κ1) is 30.1. The zero-order valence-electron chi connectivity index (χ0n) is 24.3. The minimum atomic E-state index is -1.17. The fourth-order valence-corrected chi connectivity index (χ4v) is 7.71. The van der Waals surface area contributed by atoms with E-state index >= 15 is 0 Å². The molecular formula is C33H29N5O5S2. The molecule has 2 unspecified atom stereocenters. The number of aliphatic carboxylic acids is 1. The minimum absolute atomic E-state index is 0.0334. The van der Waals surface area contributed by atoms with Gasteiger partial charge in [-0.3, -0.25) is 14.5 Å². The van der Waals surface area contributed by atoms with Crippen LogP contribution in [0, 0.1) is 0 Å². The summed E-state index contributed by atoms with van der Waals surface area (Å²) in [6.07, 6.45) is 0. The highest BCUT2D eigenvalue weighted by molar-refractivity contribution is 8.00. The van der Waals surface area contributed by atoms with E-state index in [4.69, 9.17) is 9.82 Å². The van der Waals surface area contributed by atoms with Gasteiger partial charge in [0.15, 0.2) is 10.8 Å². The average Bonchev–Trinajstić information content (AvgIpc) is 3.53. The number of oxime groups is 1. The molecule has 0 spiro atoms. The van der Waals surface area contributed by atoms with Gasteiger partial charge in [0.1, 0.15) is 35.5 Å². The molecule has 0 radical (unpaired) electrons. The fraction of sp³-hybridized carbons (Fsp3) is 0.182. The van der Waals surface area contributed by atoms with Crippen molar-refractivity contribution in [1.82, 2.24) is 15.2 Å². The molecule has 12 heteroatoms. The van der Waals surface area contributed by atoms with Crippen LogP contribution in [0.4, 0.5) is 5.13 Å². The number of β-lactam (4-membered cyclic amide) rings is 1. The third kappa shape index (κ3) is 5.47. The van der Waals surface area contributed by atoms with Crippen LogP contribution in [0.25, 0.3) is 0 Å². The van der Waals surface area contributed by atoms with E-state index in [9.17, 15) is 19.5 Å². The summed E-state index contributed by atoms with van der Waals surface area (Å²) in [6.45, 7) is 1.69. The first-order valence-corrected chi connectivity index (χ1v) is 16.0. The normalized spacial score (nSPS) is 18.1. The Bertz CT molecular complexity index is 1700. The molecule has 1 aromatic heterocycles. The summed E-state index contributed by atoms with van der Waals surface area (Å²) < 4.78 is 0. The van der Waals surface area contributed by atoms with Gasteiger partial charge in [-0.2, -0.15) is 0 Å². The fourth-order valence-electron chi connectivity index (χ4n) is 5.66. The number of anilines is 1. The Morgan fingerprint density at radius 2 is 1.53 bits per heavy atom. The molecular weight excluding hydrogens is 611 g/mol. The summed E-state index contributed by atoms with van der Waals surface area (Å²) in [5.74, 6) is -1.88. The second-order valence-corrected chi connectivity index (χ2v) is 12.4. The summed E-state index contributed by atoms with van der Waals surface area (Å²) in [5, 5.41) is 21.7. The second kappa shape index (κ2) is 12.6. The summed E-state index contributed by atoms with van der Waals surface area (Å²) in [4.78, 5) is 49.3. The maximum Gasteiger partial charge on any atom is 0.352 e. The molecule has 228 valence electrons. The molecule has 6 rings (SSSR count). The lowest BCUT2D eigenvalue weighted by Gasteiger charge is -2.49. The molecule has 0 aliphatic carbocycles. The number of carboxylic acid groups (broad SMARTS) is 1. The van der Waals surface area contributed by atoms with E-state index in [0.717, 1.165) is 16.7 Å². The van der Waals surface area contributed by atoms with Crippen molar-refractivity contribution in [1.29, 1.82) is 0 Å². The molecule has 10 nitrogen and oxygen atoms in total. The Labute approximate surface area is 267 Å². The lowest BCUT2D eigenvalue weighted by atomic mass is 9.77. The zero-order chi connectivity index (χ0) is 31.6. The lowest BCUT2D eigenvalue weighted by molar-refractivity contribution is -0.150. The van der Waals surface area contributed by atoms with E-state index in [2.05, 4.69) is 52.2 Å². The number of carbonyl (C=O) groups excluding carboxylic acids is 2. The predicted molar refractivity (Wildman–Crippen MR) is 174 cm³/mol. The zero-order valence-corrected chi connectivity index (χ0v) is 26.0. The van der Waals surface area contributed by atoms with Crippen LogP contribution in [0.3, 0.4) is 0 Å². The Morgan fingerprint density at radius 1 is 0.978 bits per heavy atom. The number of hydrogen-bond donors (Lipinski definition) is 3. The van der Waals surface area contributed by atoms with Crippen LogP contribution in [0.1, 0.15) is 29.3 Å². The van der Waals surface area contributed by atoms with Gasteiger partial charge in [0.2, 0.25) is 0 Å². The van der Waals surface area contributed by atoms with E-state index in [1.54, 1.807) is 12.3 Å². The van der Waals surface area contributed by atoms with Gasteiger partial charge in [0.25, 0.3) is 11.8 Å². The van der Waals surface area contributed by atoms with Crippen LogP contribution >= 0.6 is 23.1 Å². The van der Waals surface area contributed by atoms with E-state index in [-0.39, 0.29) is 17.1 Å². The highest BCUT2D eigenvalue weighted by atomic mass is 32.2. The molecule has 1 saturated heterocycles. The largest absolute Gasteiger partial charge is 0.477 e. The molecule has 45 heavy (non-hydrogen) atoms. The molecule has 0 bridgehead atoms. The van der Waals surface area contributed by atoms with Crippen molar-refractivity contribution in [3.63, 3.8) is 0 Å². The monoisotopic (exact) mass is 639 g/mol. The van der Waals surface area contributed by atoms with Crippen molar-refractivity contribution in [2.75, 3.05) is 18.2 Å². The van der Waals surface area contributed by atoms with Crippen molar-refractivity contribution >= 4 is 51.7 Å². The maximum atomic E-state index is 13.5. The number of carboxylic acids is 1. The highest BCUT2D eigenvalue weighted by Gasteiger charge is 2.54. The number of nitrogens with one attached hydrogen (secondary N) is 2. The number of thiazole rings is 1. The number of amides is 2. The van der Waals surface area contributed by atoms with Crippen LogP contribution in [-0.2, 0) is 24.8 Å². The van der Waals surface area contributed by atoms with Crippen LogP contribution in [0.5, 0.6) is 0 Å². The van der Waals surface area contributed by atoms with Gasteiger partial charge >= 0.3 is 5.97 Å². The first-order valence-electron chi connectivity index (χ1n) is 14.1. The minimum Gasteiger partial charge on any atom is -0.477 e. The van der Waals surface area contributed by atoms with Crippen molar-refractivity contribution < 1.29 is 24.3 Å². The first-order chi connectivity index (χ1) is 21.8. The van der Waals surface area contributed by atoms with Gasteiger partial charge in [-0.1, -0.05) is 96.2 Å². The molecule has 0 saturated carbocycles. The van der Waals surface area contributed by atoms with Gasteiger partial charge in [0, 0.05) is 11.1 Å². The number of hydrogen-bond acceptors (Lipinski definition) is 9.